The molecule has 0 N–H and O–H groups in total. The van der Waals surface area contributed by atoms with E-state index < -0.39 is 5.60 Å². The average Bonchev–Trinajstić information content (AvgIpc) is 3.11. The van der Waals surface area contributed by atoms with Crippen LogP contribution in [-0.2, 0) is 9.47 Å². The van der Waals surface area contributed by atoms with E-state index in [-0.39, 0.29) is 12.2 Å². The van der Waals surface area contributed by atoms with Crippen LogP contribution in [0.3, 0.4) is 0 Å². The molecule has 0 aliphatic carbocycles. The highest BCUT2D eigenvalue weighted by Gasteiger charge is 2.30. The minimum Gasteiger partial charge on any atom is -0.492 e. The Morgan fingerprint density at radius 3 is 2.46 bits per heavy atom. The second kappa shape index (κ2) is 9.47. The highest BCUT2D eigenvalue weighted by atomic mass is 16.6. The van der Waals surface area contributed by atoms with Crippen LogP contribution in [0, 0.1) is 0 Å². The molecule has 28 heavy (non-hydrogen) atoms. The van der Waals surface area contributed by atoms with E-state index in [1.54, 1.807) is 4.90 Å². The molecule has 0 radical (unpaired) electrons. The molecule has 0 aromatic heterocycles. The van der Waals surface area contributed by atoms with E-state index in [4.69, 9.17) is 18.9 Å². The molecule has 7 heteroatoms. The molecular formula is C21H32N2O5. The predicted octanol–water partition coefficient (Wildman–Crippen LogP) is 2.79. The van der Waals surface area contributed by atoms with E-state index in [2.05, 4.69) is 4.90 Å². The number of benzene rings is 1. The monoisotopic (exact) mass is 392 g/mol. The fraction of sp³-hybridized carbons (Fsp3) is 0.667. The first kappa shape index (κ1) is 20.7. The summed E-state index contributed by atoms with van der Waals surface area (Å²) < 4.78 is 22.6. The van der Waals surface area contributed by atoms with Gasteiger partial charge in [0.05, 0.1) is 19.8 Å². The summed E-state index contributed by atoms with van der Waals surface area (Å²) >= 11 is 0. The van der Waals surface area contributed by atoms with Gasteiger partial charge >= 0.3 is 6.09 Å². The Balaban J connectivity index is 1.39. The van der Waals surface area contributed by atoms with Gasteiger partial charge in [-0.3, -0.25) is 4.90 Å². The van der Waals surface area contributed by atoms with Crippen molar-refractivity contribution in [1.29, 1.82) is 0 Å². The van der Waals surface area contributed by atoms with Gasteiger partial charge in [-0.15, -0.1) is 0 Å². The standard InChI is InChI=1S/C21H32N2O5/c1-21(2,3)28-20(24)23-9-8-19(16-23)27-18-6-4-17(5-7-18)26-15-12-22-10-13-25-14-11-22/h4-7,19H,8-16H2,1-3H3. The van der Waals surface area contributed by atoms with Crippen LogP contribution in [-0.4, -0.2) is 80.1 Å². The maximum atomic E-state index is 12.1. The number of nitrogens with zero attached hydrogens (tertiary/aromatic N) is 2. The number of carbonyl (C=O) groups excluding carboxylic acids is 1. The number of rotatable bonds is 6. The van der Waals surface area contributed by atoms with Gasteiger partial charge < -0.3 is 23.8 Å². The zero-order chi connectivity index (χ0) is 20.0. The highest BCUT2D eigenvalue weighted by molar-refractivity contribution is 5.68. The summed E-state index contributed by atoms with van der Waals surface area (Å²) in [5, 5.41) is 0. The molecule has 0 spiro atoms. The van der Waals surface area contributed by atoms with Gasteiger partial charge in [0.2, 0.25) is 0 Å². The topological polar surface area (TPSA) is 60.5 Å². The van der Waals surface area contributed by atoms with E-state index in [1.165, 1.54) is 0 Å². The van der Waals surface area contributed by atoms with Crippen LogP contribution in [0.25, 0.3) is 0 Å². The maximum absolute atomic E-state index is 12.1. The van der Waals surface area contributed by atoms with Crippen LogP contribution in [0.1, 0.15) is 27.2 Å². The fourth-order valence-corrected chi connectivity index (χ4v) is 3.24. The molecule has 1 amide bonds. The molecule has 156 valence electrons. The van der Waals surface area contributed by atoms with Gasteiger partial charge in [-0.2, -0.15) is 0 Å². The lowest BCUT2D eigenvalue weighted by Crippen LogP contribution is -2.38. The average molecular weight is 392 g/mol. The van der Waals surface area contributed by atoms with E-state index in [0.29, 0.717) is 19.7 Å². The number of morpholine rings is 1. The molecule has 1 atom stereocenters. The Bertz CT molecular complexity index is 623. The van der Waals surface area contributed by atoms with E-state index in [9.17, 15) is 4.79 Å². The maximum Gasteiger partial charge on any atom is 0.410 e. The predicted molar refractivity (Wildman–Crippen MR) is 106 cm³/mol. The summed E-state index contributed by atoms with van der Waals surface area (Å²) in [5.74, 6) is 1.62. The molecule has 2 saturated heterocycles. The van der Waals surface area contributed by atoms with Crippen molar-refractivity contribution in [2.75, 3.05) is 52.5 Å². The van der Waals surface area contributed by atoms with Crippen molar-refractivity contribution >= 4 is 6.09 Å². The van der Waals surface area contributed by atoms with Crippen molar-refractivity contribution in [3.63, 3.8) is 0 Å². The van der Waals surface area contributed by atoms with E-state index in [0.717, 1.165) is 50.8 Å². The summed E-state index contributed by atoms with van der Waals surface area (Å²) in [4.78, 5) is 16.2. The summed E-state index contributed by atoms with van der Waals surface area (Å²) in [6.07, 6.45) is 0.514. The van der Waals surface area contributed by atoms with Gasteiger partial charge in [0.15, 0.2) is 0 Å². The number of likely N-dealkylation sites (tertiary alicyclic amines) is 1. The molecule has 2 heterocycles. The second-order valence-electron chi connectivity index (χ2n) is 8.23. The first-order valence-corrected chi connectivity index (χ1v) is 10.1. The van der Waals surface area contributed by atoms with Crippen molar-refractivity contribution in [2.24, 2.45) is 0 Å². The van der Waals surface area contributed by atoms with Crippen LogP contribution in [0.4, 0.5) is 4.79 Å². The lowest BCUT2D eigenvalue weighted by Gasteiger charge is -2.26. The summed E-state index contributed by atoms with van der Waals surface area (Å²) in [5.41, 5.74) is -0.479. The smallest absolute Gasteiger partial charge is 0.410 e. The quantitative estimate of drug-likeness (QED) is 0.742. The van der Waals surface area contributed by atoms with Crippen LogP contribution in [0.15, 0.2) is 24.3 Å². The fourth-order valence-electron chi connectivity index (χ4n) is 3.24. The zero-order valence-corrected chi connectivity index (χ0v) is 17.2. The molecule has 2 aliphatic rings. The largest absolute Gasteiger partial charge is 0.492 e. The van der Waals surface area contributed by atoms with Crippen LogP contribution >= 0.6 is 0 Å². The third-order valence-electron chi connectivity index (χ3n) is 4.70. The van der Waals surface area contributed by atoms with E-state index in [1.807, 2.05) is 45.0 Å². The molecule has 7 nitrogen and oxygen atoms in total. The van der Waals surface area contributed by atoms with Crippen LogP contribution in [0.5, 0.6) is 11.5 Å². The highest BCUT2D eigenvalue weighted by Crippen LogP contribution is 2.23. The van der Waals surface area contributed by atoms with Crippen LogP contribution < -0.4 is 9.47 Å². The van der Waals surface area contributed by atoms with Crippen molar-refractivity contribution in [3.8, 4) is 11.5 Å². The Morgan fingerprint density at radius 2 is 1.79 bits per heavy atom. The van der Waals surface area contributed by atoms with Crippen molar-refractivity contribution in [2.45, 2.75) is 38.9 Å². The van der Waals surface area contributed by atoms with E-state index >= 15 is 0 Å². The molecule has 2 aliphatic heterocycles. The molecule has 3 rings (SSSR count). The Labute approximate surface area is 167 Å². The summed E-state index contributed by atoms with van der Waals surface area (Å²) in [6.45, 7) is 11.9. The first-order chi connectivity index (χ1) is 13.4. The Kier molecular flexibility index (Phi) is 7.02. The lowest BCUT2D eigenvalue weighted by molar-refractivity contribution is 0.0275. The van der Waals surface area contributed by atoms with Gasteiger partial charge in [0.1, 0.15) is 29.8 Å². The van der Waals surface area contributed by atoms with Gasteiger partial charge in [-0.25, -0.2) is 4.79 Å². The lowest BCUT2D eigenvalue weighted by atomic mass is 10.2. The molecule has 1 unspecified atom stereocenters. The summed E-state index contributed by atoms with van der Waals surface area (Å²) in [6, 6.07) is 7.69. The second-order valence-corrected chi connectivity index (χ2v) is 8.23. The third kappa shape index (κ3) is 6.56. The number of ether oxygens (including phenoxy) is 4. The van der Waals surface area contributed by atoms with Gasteiger partial charge in [-0.05, 0) is 45.0 Å². The molecule has 1 aromatic carbocycles. The normalized spacial score (nSPS) is 20.8. The van der Waals surface area contributed by atoms with Gasteiger partial charge in [0.25, 0.3) is 0 Å². The minimum atomic E-state index is -0.479. The molecular weight excluding hydrogens is 360 g/mol. The first-order valence-electron chi connectivity index (χ1n) is 10.1. The van der Waals surface area contributed by atoms with Crippen molar-refractivity contribution < 1.29 is 23.7 Å². The summed E-state index contributed by atoms with van der Waals surface area (Å²) in [7, 11) is 0. The third-order valence-corrected chi connectivity index (χ3v) is 4.70. The van der Waals surface area contributed by atoms with Gasteiger partial charge in [0, 0.05) is 32.6 Å². The number of carbonyl (C=O) groups is 1. The number of hydrogen-bond donors (Lipinski definition) is 0. The molecule has 1 aromatic rings. The SMILES string of the molecule is CC(C)(C)OC(=O)N1CCC(Oc2ccc(OCCN3CCOCC3)cc2)C1. The van der Waals surface area contributed by atoms with Crippen molar-refractivity contribution in [3.05, 3.63) is 24.3 Å². The number of hydrogen-bond acceptors (Lipinski definition) is 6. The zero-order valence-electron chi connectivity index (χ0n) is 17.2. The molecule has 0 bridgehead atoms. The van der Waals surface area contributed by atoms with Gasteiger partial charge in [-0.1, -0.05) is 0 Å². The Hall–Kier alpha value is -1.99. The number of amides is 1. The van der Waals surface area contributed by atoms with Crippen LogP contribution in [0.2, 0.25) is 0 Å². The molecule has 2 fully saturated rings. The van der Waals surface area contributed by atoms with Crippen molar-refractivity contribution in [1.82, 2.24) is 9.80 Å². The minimum absolute atomic E-state index is 0.0133. The molecule has 0 saturated carbocycles. The Morgan fingerprint density at radius 1 is 1.11 bits per heavy atom.